The van der Waals surface area contributed by atoms with Gasteiger partial charge in [0.25, 0.3) is 0 Å². The standard InChI is InChI=1S/C26H49NO2.Na/c1-5-7-9-11-13-15-17-24(3)19-21-27(23-26(28)29)22-20-25(4)18-16-14-12-10-8-6-2;/h5-8,24-25H,9-23H2,1-4H3,(H,28,29);/q;+1/p-1/b7-5+,8-6+;. The first-order chi connectivity index (χ1) is 14.0. The van der Waals surface area contributed by atoms with Gasteiger partial charge in [-0.15, -0.1) is 0 Å². The maximum atomic E-state index is 11.1. The summed E-state index contributed by atoms with van der Waals surface area (Å²) >= 11 is 0. The Balaban J connectivity index is 0. The van der Waals surface area contributed by atoms with Crippen molar-refractivity contribution in [2.24, 2.45) is 11.8 Å². The number of hydrogen-bond donors (Lipinski definition) is 0. The molecule has 0 radical (unpaired) electrons. The van der Waals surface area contributed by atoms with Gasteiger partial charge in [0.1, 0.15) is 0 Å². The van der Waals surface area contributed by atoms with E-state index in [2.05, 4.69) is 56.9 Å². The van der Waals surface area contributed by atoms with Gasteiger partial charge in [0.15, 0.2) is 0 Å². The molecule has 0 spiro atoms. The predicted octanol–water partition coefficient (Wildman–Crippen LogP) is 3.15. The third-order valence-corrected chi connectivity index (χ3v) is 5.84. The molecule has 2 unspecified atom stereocenters. The second-order valence-corrected chi connectivity index (χ2v) is 8.85. The van der Waals surface area contributed by atoms with Crippen molar-refractivity contribution in [1.82, 2.24) is 4.90 Å². The van der Waals surface area contributed by atoms with Gasteiger partial charge >= 0.3 is 29.6 Å². The van der Waals surface area contributed by atoms with Gasteiger partial charge in [-0.2, -0.15) is 0 Å². The summed E-state index contributed by atoms with van der Waals surface area (Å²) in [5.74, 6) is 0.379. The molecule has 0 fully saturated rings. The predicted molar refractivity (Wildman–Crippen MR) is 125 cm³/mol. The minimum atomic E-state index is -0.946. The van der Waals surface area contributed by atoms with Crippen molar-refractivity contribution in [2.75, 3.05) is 19.6 Å². The largest absolute Gasteiger partial charge is 1.00 e. The maximum absolute atomic E-state index is 11.1. The van der Waals surface area contributed by atoms with Gasteiger partial charge in [-0.3, -0.25) is 4.90 Å². The summed E-state index contributed by atoms with van der Waals surface area (Å²) < 4.78 is 0. The number of nitrogens with zero attached hydrogens (tertiary/aromatic N) is 1. The summed E-state index contributed by atoms with van der Waals surface area (Å²) in [4.78, 5) is 13.2. The van der Waals surface area contributed by atoms with Crippen molar-refractivity contribution in [3.63, 3.8) is 0 Å². The van der Waals surface area contributed by atoms with Crippen LogP contribution >= 0.6 is 0 Å². The van der Waals surface area contributed by atoms with Gasteiger partial charge in [0.05, 0.1) is 5.97 Å². The van der Waals surface area contributed by atoms with Gasteiger partial charge < -0.3 is 9.90 Å². The van der Waals surface area contributed by atoms with E-state index >= 15 is 0 Å². The van der Waals surface area contributed by atoms with E-state index < -0.39 is 5.97 Å². The van der Waals surface area contributed by atoms with Crippen LogP contribution in [0.15, 0.2) is 24.3 Å². The molecule has 0 aliphatic heterocycles. The van der Waals surface area contributed by atoms with Crippen LogP contribution in [0, 0.1) is 11.8 Å². The van der Waals surface area contributed by atoms with E-state index in [1.165, 1.54) is 64.2 Å². The number of carbonyl (C=O) groups excluding carboxylic acids is 1. The zero-order chi connectivity index (χ0) is 21.7. The number of unbranched alkanes of at least 4 members (excludes halogenated alkanes) is 6. The van der Waals surface area contributed by atoms with Gasteiger partial charge in [0, 0.05) is 6.54 Å². The summed E-state index contributed by atoms with van der Waals surface area (Å²) in [7, 11) is 0. The van der Waals surface area contributed by atoms with E-state index in [0.29, 0.717) is 11.8 Å². The van der Waals surface area contributed by atoms with Gasteiger partial charge in [0.2, 0.25) is 0 Å². The average molecular weight is 430 g/mol. The van der Waals surface area contributed by atoms with Crippen molar-refractivity contribution >= 4 is 5.97 Å². The Bertz CT molecular complexity index is 405. The fraction of sp³-hybridized carbons (Fsp3) is 0.808. The number of carboxylic acid groups (broad SMARTS) is 1. The Hall–Kier alpha value is -0.0900. The smallest absolute Gasteiger partial charge is 0.549 e. The summed E-state index contributed by atoms with van der Waals surface area (Å²) in [5, 5.41) is 11.1. The van der Waals surface area contributed by atoms with Crippen LogP contribution in [-0.2, 0) is 4.79 Å². The molecular formula is C26H48NNaO2. The quantitative estimate of drug-likeness (QED) is 0.170. The van der Waals surface area contributed by atoms with Crippen molar-refractivity contribution in [3.05, 3.63) is 24.3 Å². The molecule has 0 aliphatic carbocycles. The Morgan fingerprint density at radius 2 is 1.20 bits per heavy atom. The molecule has 4 heteroatoms. The van der Waals surface area contributed by atoms with Gasteiger partial charge in [-0.25, -0.2) is 0 Å². The fourth-order valence-electron chi connectivity index (χ4n) is 3.74. The minimum absolute atomic E-state index is 0. The summed E-state index contributed by atoms with van der Waals surface area (Å²) in [5.41, 5.74) is 0. The summed E-state index contributed by atoms with van der Waals surface area (Å²) in [6.07, 6.45) is 23.5. The van der Waals surface area contributed by atoms with E-state index in [9.17, 15) is 9.90 Å². The Morgan fingerprint density at radius 1 is 0.767 bits per heavy atom. The fourth-order valence-corrected chi connectivity index (χ4v) is 3.74. The molecule has 3 nitrogen and oxygen atoms in total. The van der Waals surface area contributed by atoms with Crippen molar-refractivity contribution in [3.8, 4) is 0 Å². The minimum Gasteiger partial charge on any atom is -0.549 e. The number of carbonyl (C=O) groups is 1. The first-order valence-corrected chi connectivity index (χ1v) is 12.1. The van der Waals surface area contributed by atoms with Crippen LogP contribution in [0.4, 0.5) is 0 Å². The molecule has 0 aliphatic rings. The molecule has 0 aromatic rings. The van der Waals surface area contributed by atoms with E-state index in [1.807, 2.05) is 0 Å². The molecule has 0 bridgehead atoms. The SMILES string of the molecule is C/C=C/CCCCCC(C)CCN(CCC(C)CCCCC/C=C/C)CC(=O)[O-].[Na+]. The van der Waals surface area contributed by atoms with E-state index in [1.54, 1.807) is 0 Å². The van der Waals surface area contributed by atoms with Crippen molar-refractivity contribution in [1.29, 1.82) is 0 Å². The van der Waals surface area contributed by atoms with Crippen molar-refractivity contribution < 1.29 is 39.5 Å². The molecule has 0 N–H and O–H groups in total. The van der Waals surface area contributed by atoms with Gasteiger partial charge in [-0.05, 0) is 77.3 Å². The normalized spacial score (nSPS) is 13.8. The summed E-state index contributed by atoms with van der Waals surface area (Å²) in [6, 6.07) is 0. The van der Waals surface area contributed by atoms with E-state index in [0.717, 1.165) is 25.9 Å². The molecular weight excluding hydrogens is 381 g/mol. The monoisotopic (exact) mass is 429 g/mol. The number of rotatable bonds is 20. The van der Waals surface area contributed by atoms with Gasteiger partial charge in [-0.1, -0.05) is 76.7 Å². The van der Waals surface area contributed by atoms with Crippen LogP contribution in [0.25, 0.3) is 0 Å². The molecule has 30 heavy (non-hydrogen) atoms. The Morgan fingerprint density at radius 3 is 1.57 bits per heavy atom. The third-order valence-electron chi connectivity index (χ3n) is 5.84. The first kappa shape index (κ1) is 32.1. The van der Waals surface area contributed by atoms with Crippen LogP contribution in [0.3, 0.4) is 0 Å². The van der Waals surface area contributed by atoms with E-state index in [4.69, 9.17) is 0 Å². The zero-order valence-corrected chi connectivity index (χ0v) is 22.8. The molecule has 0 amide bonds. The molecule has 2 atom stereocenters. The summed E-state index contributed by atoms with van der Waals surface area (Å²) in [6.45, 7) is 10.6. The number of aliphatic carboxylic acids is 1. The van der Waals surface area contributed by atoms with Crippen molar-refractivity contribution in [2.45, 2.75) is 105 Å². The number of allylic oxidation sites excluding steroid dienone is 4. The van der Waals surface area contributed by atoms with Crippen LogP contribution in [0.5, 0.6) is 0 Å². The Labute approximate surface area is 210 Å². The molecule has 0 rings (SSSR count). The topological polar surface area (TPSA) is 43.4 Å². The second kappa shape index (κ2) is 23.6. The Kier molecular flexibility index (Phi) is 25.2. The molecule has 0 saturated heterocycles. The van der Waals surface area contributed by atoms with Crippen LogP contribution in [-0.4, -0.2) is 30.5 Å². The van der Waals surface area contributed by atoms with Crippen LogP contribution < -0.4 is 34.7 Å². The van der Waals surface area contributed by atoms with E-state index in [-0.39, 0.29) is 36.1 Å². The zero-order valence-electron chi connectivity index (χ0n) is 20.8. The molecule has 170 valence electrons. The number of carboxylic acids is 1. The van der Waals surface area contributed by atoms with Crippen LogP contribution in [0.2, 0.25) is 0 Å². The number of hydrogen-bond acceptors (Lipinski definition) is 3. The molecule has 0 heterocycles. The molecule has 0 aromatic heterocycles. The molecule has 0 saturated carbocycles. The third kappa shape index (κ3) is 22.6. The maximum Gasteiger partial charge on any atom is 1.00 e. The molecule has 0 aromatic carbocycles. The van der Waals surface area contributed by atoms with Crippen LogP contribution in [0.1, 0.15) is 105 Å². The first-order valence-electron chi connectivity index (χ1n) is 12.1. The average Bonchev–Trinajstić information content (AvgIpc) is 2.69. The second-order valence-electron chi connectivity index (χ2n) is 8.85.